The molecule has 86 valence electrons. The van der Waals surface area contributed by atoms with Crippen LogP contribution in [0.25, 0.3) is 16.8 Å². The number of aromatic nitrogens is 2. The van der Waals surface area contributed by atoms with E-state index in [0.29, 0.717) is 5.92 Å². The number of nitrogens with zero attached hydrogens (tertiary/aromatic N) is 1. The SMILES string of the molecule is Cc1cc2[nH]c(C(O)=C=O)nc2cc1C1CC1. The molecule has 1 heterocycles. The second kappa shape index (κ2) is 3.47. The number of nitrogens with one attached hydrogen (secondary N) is 1. The van der Waals surface area contributed by atoms with E-state index in [0.717, 1.165) is 11.0 Å². The first kappa shape index (κ1) is 10.1. The van der Waals surface area contributed by atoms with Crippen LogP contribution in [-0.2, 0) is 4.79 Å². The predicted octanol–water partition coefficient (Wildman–Crippen LogP) is 2.48. The van der Waals surface area contributed by atoms with Gasteiger partial charge in [0.1, 0.15) is 0 Å². The fraction of sp³-hybridized carbons (Fsp3) is 0.308. The molecule has 0 aliphatic heterocycles. The van der Waals surface area contributed by atoms with Crippen LogP contribution in [0.15, 0.2) is 12.1 Å². The highest BCUT2D eigenvalue weighted by Crippen LogP contribution is 2.42. The Labute approximate surface area is 98.0 Å². The summed E-state index contributed by atoms with van der Waals surface area (Å²) in [6.07, 6.45) is 2.48. The molecule has 1 aromatic heterocycles. The van der Waals surface area contributed by atoms with Gasteiger partial charge in [0, 0.05) is 0 Å². The Balaban J connectivity index is 2.18. The van der Waals surface area contributed by atoms with Crippen molar-refractivity contribution < 1.29 is 9.90 Å². The number of aromatic amines is 1. The van der Waals surface area contributed by atoms with E-state index in [2.05, 4.69) is 16.9 Å². The lowest BCUT2D eigenvalue weighted by Crippen LogP contribution is -1.85. The summed E-state index contributed by atoms with van der Waals surface area (Å²) in [4.78, 5) is 17.5. The average Bonchev–Trinajstić information content (AvgIpc) is 3.08. The summed E-state index contributed by atoms with van der Waals surface area (Å²) >= 11 is 0. The smallest absolute Gasteiger partial charge is 0.244 e. The lowest BCUT2D eigenvalue weighted by atomic mass is 10.0. The maximum atomic E-state index is 10.4. The molecule has 4 heteroatoms. The third-order valence-corrected chi connectivity index (χ3v) is 3.21. The molecule has 1 saturated carbocycles. The second-order valence-corrected chi connectivity index (χ2v) is 4.54. The Morgan fingerprint density at radius 1 is 1.53 bits per heavy atom. The summed E-state index contributed by atoms with van der Waals surface area (Å²) in [5, 5.41) is 9.29. The van der Waals surface area contributed by atoms with E-state index in [-0.39, 0.29) is 5.82 Å². The van der Waals surface area contributed by atoms with Crippen molar-refractivity contribution in [3.63, 3.8) is 0 Å². The van der Waals surface area contributed by atoms with Gasteiger partial charge in [0.25, 0.3) is 0 Å². The molecule has 0 saturated heterocycles. The van der Waals surface area contributed by atoms with Gasteiger partial charge in [0.15, 0.2) is 11.8 Å². The second-order valence-electron chi connectivity index (χ2n) is 4.54. The fourth-order valence-electron chi connectivity index (χ4n) is 2.18. The normalized spacial score (nSPS) is 14.9. The first-order chi connectivity index (χ1) is 8.19. The fourth-order valence-corrected chi connectivity index (χ4v) is 2.18. The Kier molecular flexibility index (Phi) is 2.06. The van der Waals surface area contributed by atoms with E-state index < -0.39 is 5.76 Å². The van der Waals surface area contributed by atoms with E-state index >= 15 is 0 Å². The number of aliphatic hydroxyl groups is 1. The van der Waals surface area contributed by atoms with Gasteiger partial charge in [-0.05, 0) is 48.9 Å². The first-order valence-corrected chi connectivity index (χ1v) is 5.63. The van der Waals surface area contributed by atoms with E-state index in [9.17, 15) is 9.90 Å². The van der Waals surface area contributed by atoms with Crippen molar-refractivity contribution >= 4 is 22.7 Å². The van der Waals surface area contributed by atoms with Crippen molar-refractivity contribution in [2.24, 2.45) is 0 Å². The lowest BCUT2D eigenvalue weighted by Gasteiger charge is -2.02. The third-order valence-electron chi connectivity index (χ3n) is 3.21. The van der Waals surface area contributed by atoms with Gasteiger partial charge < -0.3 is 10.1 Å². The van der Waals surface area contributed by atoms with Crippen LogP contribution in [0.2, 0.25) is 0 Å². The molecule has 0 unspecified atom stereocenters. The van der Waals surface area contributed by atoms with Crippen LogP contribution >= 0.6 is 0 Å². The molecule has 0 radical (unpaired) electrons. The lowest BCUT2D eigenvalue weighted by molar-refractivity contribution is 0.498. The molecule has 3 rings (SSSR count). The molecular weight excluding hydrogens is 216 g/mol. The summed E-state index contributed by atoms with van der Waals surface area (Å²) in [7, 11) is 0. The van der Waals surface area contributed by atoms with Crippen LogP contribution in [0.1, 0.15) is 35.7 Å². The Hall–Kier alpha value is -2.06. The van der Waals surface area contributed by atoms with Crippen molar-refractivity contribution in [2.45, 2.75) is 25.7 Å². The summed E-state index contributed by atoms with van der Waals surface area (Å²) in [5.41, 5.74) is 4.17. The van der Waals surface area contributed by atoms with Crippen molar-refractivity contribution in [1.29, 1.82) is 0 Å². The zero-order chi connectivity index (χ0) is 12.0. The number of carbonyl (C=O) groups excluding carboxylic acids is 1. The minimum atomic E-state index is -0.480. The standard InChI is InChI=1S/C13H12N2O2/c1-7-4-10-11(5-9(7)8-2-3-8)15-13(14-10)12(17)6-16/h4-5,8,17H,2-3H2,1H3,(H,14,15). The highest BCUT2D eigenvalue weighted by Gasteiger charge is 2.25. The average molecular weight is 228 g/mol. The molecule has 2 N–H and O–H groups in total. The molecule has 17 heavy (non-hydrogen) atoms. The van der Waals surface area contributed by atoms with Crippen LogP contribution in [0.5, 0.6) is 0 Å². The maximum absolute atomic E-state index is 10.4. The zero-order valence-corrected chi connectivity index (χ0v) is 9.45. The van der Waals surface area contributed by atoms with Crippen LogP contribution in [0.3, 0.4) is 0 Å². The Bertz CT molecular complexity index is 647. The number of hydrogen-bond donors (Lipinski definition) is 2. The molecule has 0 amide bonds. The highest BCUT2D eigenvalue weighted by molar-refractivity contribution is 5.85. The van der Waals surface area contributed by atoms with Gasteiger partial charge in [0.05, 0.1) is 11.0 Å². The summed E-state index contributed by atoms with van der Waals surface area (Å²) in [5.74, 6) is 1.80. The number of H-pyrrole nitrogens is 1. The highest BCUT2D eigenvalue weighted by atomic mass is 16.3. The molecule has 0 atom stereocenters. The molecular formula is C13H12N2O2. The van der Waals surface area contributed by atoms with E-state index in [1.807, 2.05) is 12.1 Å². The maximum Gasteiger partial charge on any atom is 0.244 e. The van der Waals surface area contributed by atoms with Gasteiger partial charge in [-0.3, -0.25) is 0 Å². The molecule has 4 nitrogen and oxygen atoms in total. The molecule has 0 spiro atoms. The number of aliphatic hydroxyl groups excluding tert-OH is 1. The number of imidazole rings is 1. The van der Waals surface area contributed by atoms with Crippen molar-refractivity contribution in [3.05, 3.63) is 29.1 Å². The summed E-state index contributed by atoms with van der Waals surface area (Å²) < 4.78 is 0. The van der Waals surface area contributed by atoms with Gasteiger partial charge in [0.2, 0.25) is 5.76 Å². The van der Waals surface area contributed by atoms with Crippen LogP contribution < -0.4 is 0 Å². The molecule has 0 bridgehead atoms. The topological polar surface area (TPSA) is 66.0 Å². The molecule has 1 aliphatic carbocycles. The minimum absolute atomic E-state index is 0.183. The van der Waals surface area contributed by atoms with Crippen LogP contribution in [0, 0.1) is 6.92 Å². The molecule has 1 aromatic carbocycles. The third kappa shape index (κ3) is 1.63. The van der Waals surface area contributed by atoms with Crippen molar-refractivity contribution in [2.75, 3.05) is 0 Å². The number of rotatable bonds is 2. The van der Waals surface area contributed by atoms with Crippen molar-refractivity contribution in [3.8, 4) is 0 Å². The minimum Gasteiger partial charge on any atom is -0.496 e. The molecule has 2 aromatic rings. The largest absolute Gasteiger partial charge is 0.496 e. The number of benzene rings is 1. The van der Waals surface area contributed by atoms with Gasteiger partial charge >= 0.3 is 0 Å². The summed E-state index contributed by atoms with van der Waals surface area (Å²) in [6.45, 7) is 2.07. The van der Waals surface area contributed by atoms with E-state index in [1.54, 1.807) is 0 Å². The predicted molar refractivity (Wildman–Crippen MR) is 64.5 cm³/mol. The molecule has 1 fully saturated rings. The summed E-state index contributed by atoms with van der Waals surface area (Å²) in [6, 6.07) is 4.05. The number of fused-ring (bicyclic) bond motifs is 1. The molecule has 1 aliphatic rings. The van der Waals surface area contributed by atoms with Gasteiger partial charge in [-0.15, -0.1) is 0 Å². The zero-order valence-electron chi connectivity index (χ0n) is 9.45. The van der Waals surface area contributed by atoms with Crippen LogP contribution in [0.4, 0.5) is 0 Å². The van der Waals surface area contributed by atoms with Crippen molar-refractivity contribution in [1.82, 2.24) is 9.97 Å². The van der Waals surface area contributed by atoms with E-state index in [1.165, 1.54) is 29.9 Å². The van der Waals surface area contributed by atoms with Gasteiger partial charge in [-0.2, -0.15) is 0 Å². The quantitative estimate of drug-likeness (QED) is 0.613. The van der Waals surface area contributed by atoms with Gasteiger partial charge in [-0.1, -0.05) is 0 Å². The monoisotopic (exact) mass is 228 g/mol. The first-order valence-electron chi connectivity index (χ1n) is 5.63. The van der Waals surface area contributed by atoms with Crippen LogP contribution in [-0.4, -0.2) is 21.0 Å². The number of aryl methyl sites for hydroxylation is 1. The van der Waals surface area contributed by atoms with Gasteiger partial charge in [-0.25, -0.2) is 9.78 Å². The Morgan fingerprint density at radius 3 is 2.94 bits per heavy atom. The number of hydrogen-bond acceptors (Lipinski definition) is 3. The van der Waals surface area contributed by atoms with E-state index in [4.69, 9.17) is 0 Å². The Morgan fingerprint density at radius 2 is 2.29 bits per heavy atom.